The second-order valence-corrected chi connectivity index (χ2v) is 5.54. The second-order valence-electron chi connectivity index (χ2n) is 5.54. The van der Waals surface area contributed by atoms with E-state index in [0.29, 0.717) is 6.04 Å². The minimum absolute atomic E-state index is 0.342. The van der Waals surface area contributed by atoms with Gasteiger partial charge in [0.1, 0.15) is 0 Å². The van der Waals surface area contributed by atoms with Gasteiger partial charge >= 0.3 is 0 Å². The first-order valence-electron chi connectivity index (χ1n) is 7.18. The third-order valence-electron chi connectivity index (χ3n) is 4.37. The lowest BCUT2D eigenvalue weighted by Crippen LogP contribution is -2.43. The lowest BCUT2D eigenvalue weighted by molar-refractivity contribution is 0.173. The Kier molecular flexibility index (Phi) is 4.28. The highest BCUT2D eigenvalue weighted by Crippen LogP contribution is 2.34. The molecule has 18 heavy (non-hydrogen) atoms. The molecule has 2 heteroatoms. The Morgan fingerprint density at radius 3 is 2.78 bits per heavy atom. The molecule has 1 aromatic rings. The van der Waals surface area contributed by atoms with E-state index in [1.165, 1.54) is 18.5 Å². The molecule has 0 radical (unpaired) electrons. The second kappa shape index (κ2) is 5.75. The molecule has 0 spiro atoms. The summed E-state index contributed by atoms with van der Waals surface area (Å²) in [4.78, 5) is 2.47. The zero-order valence-corrected chi connectivity index (χ0v) is 11.8. The molecular formula is C16H25NO. The van der Waals surface area contributed by atoms with Crippen LogP contribution in [0.1, 0.15) is 51.7 Å². The Balaban J connectivity index is 2.32. The molecule has 3 atom stereocenters. The first kappa shape index (κ1) is 13.4. The summed E-state index contributed by atoms with van der Waals surface area (Å²) in [7, 11) is 0. The highest BCUT2D eigenvalue weighted by Gasteiger charge is 2.27. The lowest BCUT2D eigenvalue weighted by Gasteiger charge is -2.41. The Bertz CT molecular complexity index is 390. The van der Waals surface area contributed by atoms with Crippen molar-refractivity contribution in [2.45, 2.75) is 52.2 Å². The molecule has 3 unspecified atom stereocenters. The van der Waals surface area contributed by atoms with E-state index in [1.54, 1.807) is 0 Å². The van der Waals surface area contributed by atoms with Crippen molar-refractivity contribution in [1.82, 2.24) is 0 Å². The van der Waals surface area contributed by atoms with Crippen LogP contribution in [-0.4, -0.2) is 17.7 Å². The van der Waals surface area contributed by atoms with Crippen molar-refractivity contribution in [3.63, 3.8) is 0 Å². The van der Waals surface area contributed by atoms with Gasteiger partial charge < -0.3 is 10.0 Å². The molecule has 1 aromatic carbocycles. The maximum Gasteiger partial charge on any atom is 0.0807 e. The van der Waals surface area contributed by atoms with Crippen LogP contribution in [0.25, 0.3) is 0 Å². The van der Waals surface area contributed by atoms with Crippen molar-refractivity contribution < 1.29 is 5.11 Å². The molecule has 1 saturated heterocycles. The largest absolute Gasteiger partial charge is 0.388 e. The van der Waals surface area contributed by atoms with Crippen LogP contribution in [0, 0.1) is 5.92 Å². The quantitative estimate of drug-likeness (QED) is 0.879. The normalized spacial score (nSPS) is 26.1. The lowest BCUT2D eigenvalue weighted by atomic mass is 9.90. The van der Waals surface area contributed by atoms with E-state index in [0.717, 1.165) is 24.4 Å². The topological polar surface area (TPSA) is 23.5 Å². The predicted molar refractivity (Wildman–Crippen MR) is 76.9 cm³/mol. The van der Waals surface area contributed by atoms with Gasteiger partial charge in [0.05, 0.1) is 6.10 Å². The van der Waals surface area contributed by atoms with E-state index in [2.05, 4.69) is 36.9 Å². The zero-order chi connectivity index (χ0) is 13.1. The van der Waals surface area contributed by atoms with Crippen LogP contribution in [0.5, 0.6) is 0 Å². The molecule has 0 aromatic heterocycles. The van der Waals surface area contributed by atoms with Crippen molar-refractivity contribution in [3.8, 4) is 0 Å². The van der Waals surface area contributed by atoms with Gasteiger partial charge in [-0.15, -0.1) is 0 Å². The number of anilines is 1. The number of hydrogen-bond acceptors (Lipinski definition) is 2. The Hall–Kier alpha value is -1.02. The van der Waals surface area contributed by atoms with E-state index < -0.39 is 0 Å². The monoisotopic (exact) mass is 247 g/mol. The Labute approximate surface area is 111 Å². The summed E-state index contributed by atoms with van der Waals surface area (Å²) in [5.41, 5.74) is 2.31. The number of aliphatic hydroxyl groups is 1. The van der Waals surface area contributed by atoms with Crippen LogP contribution in [0.15, 0.2) is 24.3 Å². The SMILES string of the molecule is CCC(O)c1ccccc1N1CCCC(C)C1C. The van der Waals surface area contributed by atoms with Crippen molar-refractivity contribution in [2.24, 2.45) is 5.92 Å². The molecule has 1 fully saturated rings. The number of piperidine rings is 1. The molecule has 2 nitrogen and oxygen atoms in total. The number of benzene rings is 1. The van der Waals surface area contributed by atoms with Crippen LogP contribution < -0.4 is 4.90 Å². The van der Waals surface area contributed by atoms with Gasteiger partial charge in [-0.2, -0.15) is 0 Å². The van der Waals surface area contributed by atoms with Gasteiger partial charge in [0.2, 0.25) is 0 Å². The van der Waals surface area contributed by atoms with Gasteiger partial charge in [-0.1, -0.05) is 32.0 Å². The molecule has 1 aliphatic rings. The standard InChI is InChI=1S/C16H25NO/c1-4-16(18)14-9-5-6-10-15(14)17-11-7-8-12(2)13(17)3/h5-6,9-10,12-13,16,18H,4,7-8,11H2,1-3H3. The van der Waals surface area contributed by atoms with Crippen LogP contribution in [0.2, 0.25) is 0 Å². The fourth-order valence-corrected chi connectivity index (χ4v) is 2.93. The minimum atomic E-state index is -0.342. The third kappa shape index (κ3) is 2.54. The molecule has 2 rings (SSSR count). The Morgan fingerprint density at radius 1 is 1.33 bits per heavy atom. The highest BCUT2D eigenvalue weighted by atomic mass is 16.3. The summed E-state index contributed by atoms with van der Waals surface area (Å²) in [5, 5.41) is 10.2. The average molecular weight is 247 g/mol. The summed E-state index contributed by atoms with van der Waals surface area (Å²) in [5.74, 6) is 0.727. The number of hydrogen-bond donors (Lipinski definition) is 1. The van der Waals surface area contributed by atoms with E-state index in [4.69, 9.17) is 0 Å². The minimum Gasteiger partial charge on any atom is -0.388 e. The van der Waals surface area contributed by atoms with E-state index in [9.17, 15) is 5.11 Å². The fraction of sp³-hybridized carbons (Fsp3) is 0.625. The highest BCUT2D eigenvalue weighted by molar-refractivity contribution is 5.55. The summed E-state index contributed by atoms with van der Waals surface area (Å²) in [6.45, 7) is 7.78. The summed E-state index contributed by atoms with van der Waals surface area (Å²) >= 11 is 0. The molecule has 0 amide bonds. The van der Waals surface area contributed by atoms with Crippen molar-refractivity contribution in [1.29, 1.82) is 0 Å². The molecular weight excluding hydrogens is 222 g/mol. The molecule has 0 saturated carbocycles. The van der Waals surface area contributed by atoms with Crippen LogP contribution in [0.3, 0.4) is 0 Å². The number of nitrogens with zero attached hydrogens (tertiary/aromatic N) is 1. The summed E-state index contributed by atoms with van der Waals surface area (Å²) < 4.78 is 0. The van der Waals surface area contributed by atoms with Crippen LogP contribution in [-0.2, 0) is 0 Å². The van der Waals surface area contributed by atoms with Gasteiger partial charge in [-0.3, -0.25) is 0 Å². The number of para-hydroxylation sites is 1. The van der Waals surface area contributed by atoms with Gasteiger partial charge in [-0.05, 0) is 38.2 Å². The predicted octanol–water partition coefficient (Wildman–Crippen LogP) is 3.75. The van der Waals surface area contributed by atoms with Gasteiger partial charge in [-0.25, -0.2) is 0 Å². The van der Waals surface area contributed by atoms with E-state index >= 15 is 0 Å². The van der Waals surface area contributed by atoms with E-state index in [-0.39, 0.29) is 6.10 Å². The molecule has 1 aliphatic heterocycles. The van der Waals surface area contributed by atoms with E-state index in [1.807, 2.05) is 13.0 Å². The summed E-state index contributed by atoms with van der Waals surface area (Å²) in [6.07, 6.45) is 3.00. The first-order valence-corrected chi connectivity index (χ1v) is 7.18. The molecule has 0 aliphatic carbocycles. The maximum absolute atomic E-state index is 10.2. The van der Waals surface area contributed by atoms with Gasteiger partial charge in [0, 0.05) is 23.8 Å². The van der Waals surface area contributed by atoms with Crippen LogP contribution in [0.4, 0.5) is 5.69 Å². The smallest absolute Gasteiger partial charge is 0.0807 e. The molecule has 100 valence electrons. The van der Waals surface area contributed by atoms with Crippen LogP contribution >= 0.6 is 0 Å². The van der Waals surface area contributed by atoms with Gasteiger partial charge in [0.25, 0.3) is 0 Å². The van der Waals surface area contributed by atoms with Crippen molar-refractivity contribution in [3.05, 3.63) is 29.8 Å². The van der Waals surface area contributed by atoms with Gasteiger partial charge in [0.15, 0.2) is 0 Å². The average Bonchev–Trinajstić information content (AvgIpc) is 2.41. The zero-order valence-electron chi connectivity index (χ0n) is 11.8. The maximum atomic E-state index is 10.2. The fourth-order valence-electron chi connectivity index (χ4n) is 2.93. The Morgan fingerprint density at radius 2 is 2.06 bits per heavy atom. The van der Waals surface area contributed by atoms with Crippen molar-refractivity contribution >= 4 is 5.69 Å². The number of aliphatic hydroxyl groups excluding tert-OH is 1. The first-order chi connectivity index (χ1) is 8.65. The molecule has 1 heterocycles. The summed E-state index contributed by atoms with van der Waals surface area (Å²) in [6, 6.07) is 8.88. The molecule has 1 N–H and O–H groups in total. The number of rotatable bonds is 3. The van der Waals surface area contributed by atoms with Crippen molar-refractivity contribution in [2.75, 3.05) is 11.4 Å². The third-order valence-corrected chi connectivity index (χ3v) is 4.37. The molecule has 0 bridgehead atoms.